The molecule has 1 fully saturated rings. The maximum absolute atomic E-state index is 12.2. The molecule has 0 spiro atoms. The van der Waals surface area contributed by atoms with E-state index in [0.29, 0.717) is 16.8 Å². The smallest absolute Gasteiger partial charge is 0.251 e. The molecule has 1 N–H and O–H groups in total. The Labute approximate surface area is 123 Å². The molecule has 0 unspecified atom stereocenters. The van der Waals surface area contributed by atoms with Gasteiger partial charge in [0.25, 0.3) is 5.91 Å². The topological polar surface area (TPSA) is 42.0 Å². The Morgan fingerprint density at radius 1 is 1.42 bits per heavy atom. The van der Waals surface area contributed by atoms with E-state index in [4.69, 9.17) is 11.6 Å². The Morgan fingerprint density at radius 3 is 2.74 bits per heavy atom. The molecule has 2 rings (SSSR count). The molecule has 0 aromatic carbocycles. The van der Waals surface area contributed by atoms with Gasteiger partial charge in [0.15, 0.2) is 0 Å². The van der Waals surface area contributed by atoms with E-state index in [0.717, 1.165) is 30.0 Å². The maximum Gasteiger partial charge on any atom is 0.251 e. The van der Waals surface area contributed by atoms with Gasteiger partial charge in [0, 0.05) is 17.3 Å². The van der Waals surface area contributed by atoms with Crippen LogP contribution in [0.4, 0.5) is 0 Å². The van der Waals surface area contributed by atoms with Crippen LogP contribution < -0.4 is 5.32 Å². The van der Waals surface area contributed by atoms with Crippen molar-refractivity contribution in [2.75, 3.05) is 11.5 Å². The van der Waals surface area contributed by atoms with Gasteiger partial charge in [0.2, 0.25) is 0 Å². The first-order valence-electron chi connectivity index (χ1n) is 6.62. The van der Waals surface area contributed by atoms with Crippen LogP contribution in [-0.4, -0.2) is 28.4 Å². The molecule has 0 radical (unpaired) electrons. The minimum absolute atomic E-state index is 0.0388. The van der Waals surface area contributed by atoms with E-state index in [-0.39, 0.29) is 11.8 Å². The number of aromatic nitrogens is 1. The Balaban J connectivity index is 2.09. The lowest BCUT2D eigenvalue weighted by Gasteiger charge is -2.22. The van der Waals surface area contributed by atoms with Gasteiger partial charge in [-0.1, -0.05) is 25.4 Å². The van der Waals surface area contributed by atoms with E-state index in [2.05, 4.69) is 10.3 Å². The van der Waals surface area contributed by atoms with Gasteiger partial charge in [-0.15, -0.1) is 0 Å². The summed E-state index contributed by atoms with van der Waals surface area (Å²) in [5.74, 6) is 2.47. The van der Waals surface area contributed by atoms with Gasteiger partial charge in [0.1, 0.15) is 5.15 Å². The zero-order valence-electron chi connectivity index (χ0n) is 11.3. The lowest BCUT2D eigenvalue weighted by Crippen LogP contribution is -2.37. The average Bonchev–Trinajstić information content (AvgIpc) is 2.39. The van der Waals surface area contributed by atoms with Gasteiger partial charge >= 0.3 is 0 Å². The molecular formula is C14H19ClN2OS. The number of amides is 1. The standard InChI is InChI=1S/C14H19ClN2OS/c1-9(2)12-7-10(8-13(15)17-12)14(18)16-11-3-5-19-6-4-11/h7-9,11H,3-6H2,1-2H3,(H,16,18). The summed E-state index contributed by atoms with van der Waals surface area (Å²) in [6.07, 6.45) is 2.10. The van der Waals surface area contributed by atoms with Crippen molar-refractivity contribution >= 4 is 29.3 Å². The van der Waals surface area contributed by atoms with E-state index in [1.165, 1.54) is 0 Å². The van der Waals surface area contributed by atoms with Crippen molar-refractivity contribution in [3.63, 3.8) is 0 Å². The molecule has 1 saturated heterocycles. The summed E-state index contributed by atoms with van der Waals surface area (Å²) in [6.45, 7) is 4.08. The van der Waals surface area contributed by atoms with Crippen molar-refractivity contribution < 1.29 is 4.79 Å². The first kappa shape index (κ1) is 14.7. The van der Waals surface area contributed by atoms with Gasteiger partial charge in [-0.25, -0.2) is 4.98 Å². The molecule has 0 bridgehead atoms. The fourth-order valence-corrected chi connectivity index (χ4v) is 3.38. The lowest BCUT2D eigenvalue weighted by molar-refractivity contribution is 0.0934. The molecule has 0 saturated carbocycles. The molecule has 1 aromatic rings. The Bertz CT molecular complexity index is 459. The summed E-state index contributed by atoms with van der Waals surface area (Å²) >= 11 is 7.93. The normalized spacial score (nSPS) is 16.6. The summed E-state index contributed by atoms with van der Waals surface area (Å²) < 4.78 is 0. The van der Waals surface area contributed by atoms with Gasteiger partial charge in [0.05, 0.1) is 0 Å². The van der Waals surface area contributed by atoms with Crippen molar-refractivity contribution in [2.45, 2.75) is 38.6 Å². The van der Waals surface area contributed by atoms with Crippen LogP contribution in [0.15, 0.2) is 12.1 Å². The number of thioether (sulfide) groups is 1. The molecule has 0 aliphatic carbocycles. The van der Waals surface area contributed by atoms with Crippen molar-refractivity contribution in [3.05, 3.63) is 28.5 Å². The quantitative estimate of drug-likeness (QED) is 0.869. The average molecular weight is 299 g/mol. The molecule has 0 atom stereocenters. The molecule has 1 aromatic heterocycles. The third-order valence-corrected chi connectivity index (χ3v) is 4.47. The predicted molar refractivity (Wildman–Crippen MR) is 81.1 cm³/mol. The highest BCUT2D eigenvalue weighted by molar-refractivity contribution is 7.99. The maximum atomic E-state index is 12.2. The van der Waals surface area contributed by atoms with E-state index in [1.54, 1.807) is 6.07 Å². The fourth-order valence-electron chi connectivity index (χ4n) is 2.05. The van der Waals surface area contributed by atoms with E-state index in [1.807, 2.05) is 31.7 Å². The van der Waals surface area contributed by atoms with Crippen molar-refractivity contribution in [1.82, 2.24) is 10.3 Å². The monoisotopic (exact) mass is 298 g/mol. The zero-order chi connectivity index (χ0) is 13.8. The second kappa shape index (κ2) is 6.62. The molecule has 1 aliphatic rings. The second-order valence-electron chi connectivity index (χ2n) is 5.12. The van der Waals surface area contributed by atoms with Crippen LogP contribution in [0.2, 0.25) is 5.15 Å². The molecule has 2 heterocycles. The van der Waals surface area contributed by atoms with Crippen molar-refractivity contribution in [2.24, 2.45) is 0 Å². The molecule has 5 heteroatoms. The third kappa shape index (κ3) is 4.11. The highest BCUT2D eigenvalue weighted by atomic mass is 35.5. The molecule has 1 amide bonds. The SMILES string of the molecule is CC(C)c1cc(C(=O)NC2CCSCC2)cc(Cl)n1. The minimum Gasteiger partial charge on any atom is -0.349 e. The number of halogens is 1. The van der Waals surface area contributed by atoms with Gasteiger partial charge in [-0.2, -0.15) is 11.8 Å². The Hall–Kier alpha value is -0.740. The zero-order valence-corrected chi connectivity index (χ0v) is 12.9. The second-order valence-corrected chi connectivity index (χ2v) is 6.73. The summed E-state index contributed by atoms with van der Waals surface area (Å²) in [7, 11) is 0. The number of pyridine rings is 1. The van der Waals surface area contributed by atoms with E-state index < -0.39 is 0 Å². The van der Waals surface area contributed by atoms with Crippen LogP contribution >= 0.6 is 23.4 Å². The minimum atomic E-state index is -0.0388. The van der Waals surface area contributed by atoms with Crippen LogP contribution in [0.3, 0.4) is 0 Å². The van der Waals surface area contributed by atoms with Crippen LogP contribution in [0, 0.1) is 0 Å². The summed E-state index contributed by atoms with van der Waals surface area (Å²) in [5, 5.41) is 3.47. The first-order valence-corrected chi connectivity index (χ1v) is 8.15. The summed E-state index contributed by atoms with van der Waals surface area (Å²) in [4.78, 5) is 16.5. The number of hydrogen-bond donors (Lipinski definition) is 1. The van der Waals surface area contributed by atoms with Crippen LogP contribution in [0.5, 0.6) is 0 Å². The highest BCUT2D eigenvalue weighted by Gasteiger charge is 2.18. The third-order valence-electron chi connectivity index (χ3n) is 3.22. The van der Waals surface area contributed by atoms with E-state index in [9.17, 15) is 4.79 Å². The summed E-state index contributed by atoms with van der Waals surface area (Å²) in [6, 6.07) is 3.77. The lowest BCUT2D eigenvalue weighted by atomic mass is 10.1. The highest BCUT2D eigenvalue weighted by Crippen LogP contribution is 2.20. The molecule has 19 heavy (non-hydrogen) atoms. The summed E-state index contributed by atoms with van der Waals surface area (Å²) in [5.41, 5.74) is 1.47. The van der Waals surface area contributed by atoms with E-state index >= 15 is 0 Å². The number of carbonyl (C=O) groups excluding carboxylic acids is 1. The molecule has 104 valence electrons. The van der Waals surface area contributed by atoms with Crippen molar-refractivity contribution in [3.8, 4) is 0 Å². The van der Waals surface area contributed by atoms with Gasteiger partial charge in [-0.3, -0.25) is 4.79 Å². The Kier molecular flexibility index (Phi) is 5.11. The van der Waals surface area contributed by atoms with Gasteiger partial charge in [-0.05, 0) is 42.4 Å². The fraction of sp³-hybridized carbons (Fsp3) is 0.571. The number of hydrogen-bond acceptors (Lipinski definition) is 3. The number of rotatable bonds is 3. The predicted octanol–water partition coefficient (Wildman–Crippen LogP) is 3.48. The van der Waals surface area contributed by atoms with Crippen LogP contribution in [0.1, 0.15) is 48.7 Å². The van der Waals surface area contributed by atoms with Crippen LogP contribution in [0.25, 0.3) is 0 Å². The molecule has 1 aliphatic heterocycles. The first-order chi connectivity index (χ1) is 9.06. The van der Waals surface area contributed by atoms with Crippen molar-refractivity contribution in [1.29, 1.82) is 0 Å². The number of carbonyl (C=O) groups is 1. The largest absolute Gasteiger partial charge is 0.349 e. The van der Waals surface area contributed by atoms with Crippen LogP contribution in [-0.2, 0) is 0 Å². The molecule has 3 nitrogen and oxygen atoms in total. The number of nitrogens with one attached hydrogen (secondary N) is 1. The molecular weight excluding hydrogens is 280 g/mol. The van der Waals surface area contributed by atoms with Gasteiger partial charge < -0.3 is 5.32 Å². The number of nitrogens with zero attached hydrogens (tertiary/aromatic N) is 1. The Morgan fingerprint density at radius 2 is 2.11 bits per heavy atom.